The third-order valence-corrected chi connectivity index (χ3v) is 4.92. The van der Waals surface area contributed by atoms with E-state index in [0.29, 0.717) is 18.4 Å². The van der Waals surface area contributed by atoms with Crippen LogP contribution < -0.4 is 0 Å². The SMILES string of the molecule is CCC1CCCCCN1C(=O)N1CCC(CCC(=O)O)C1. The van der Waals surface area contributed by atoms with Crippen LogP contribution in [0, 0.1) is 5.92 Å². The predicted octanol–water partition coefficient (Wildman–Crippen LogP) is 2.95. The third-order valence-electron chi connectivity index (χ3n) is 4.92. The molecule has 2 unspecified atom stereocenters. The van der Waals surface area contributed by atoms with Gasteiger partial charge in [0.1, 0.15) is 0 Å². The van der Waals surface area contributed by atoms with Gasteiger partial charge in [-0.25, -0.2) is 4.79 Å². The topological polar surface area (TPSA) is 60.9 Å². The molecule has 1 N–H and O–H groups in total. The van der Waals surface area contributed by atoms with Gasteiger partial charge in [-0.1, -0.05) is 19.8 Å². The van der Waals surface area contributed by atoms with Gasteiger partial charge in [-0.15, -0.1) is 0 Å². The zero-order valence-electron chi connectivity index (χ0n) is 13.1. The zero-order valence-corrected chi connectivity index (χ0v) is 13.1. The molecule has 2 rings (SSSR count). The molecule has 2 atom stereocenters. The number of rotatable bonds is 4. The second-order valence-electron chi connectivity index (χ2n) is 6.42. The average Bonchev–Trinajstić information content (AvgIpc) is 2.81. The highest BCUT2D eigenvalue weighted by molar-refractivity contribution is 5.75. The van der Waals surface area contributed by atoms with E-state index in [0.717, 1.165) is 45.3 Å². The number of likely N-dealkylation sites (tertiary alicyclic amines) is 2. The number of hydrogen-bond acceptors (Lipinski definition) is 2. The molecule has 2 heterocycles. The Hall–Kier alpha value is -1.26. The van der Waals surface area contributed by atoms with Gasteiger partial charge < -0.3 is 14.9 Å². The Morgan fingerprint density at radius 2 is 1.95 bits per heavy atom. The Kier molecular flexibility index (Phi) is 5.88. The van der Waals surface area contributed by atoms with E-state index < -0.39 is 5.97 Å². The molecule has 2 saturated heterocycles. The van der Waals surface area contributed by atoms with Gasteiger partial charge in [0.05, 0.1) is 0 Å². The minimum absolute atomic E-state index is 0.182. The zero-order chi connectivity index (χ0) is 15.2. The molecule has 2 aliphatic rings. The lowest BCUT2D eigenvalue weighted by molar-refractivity contribution is -0.137. The van der Waals surface area contributed by atoms with E-state index in [9.17, 15) is 9.59 Å². The summed E-state index contributed by atoms with van der Waals surface area (Å²) < 4.78 is 0. The van der Waals surface area contributed by atoms with Crippen LogP contribution in [0.15, 0.2) is 0 Å². The highest BCUT2D eigenvalue weighted by Crippen LogP contribution is 2.25. The van der Waals surface area contributed by atoms with Crippen LogP contribution in [0.2, 0.25) is 0 Å². The molecule has 0 aromatic carbocycles. The van der Waals surface area contributed by atoms with Crippen molar-refractivity contribution in [1.29, 1.82) is 0 Å². The normalized spacial score (nSPS) is 26.7. The molecule has 0 bridgehead atoms. The number of urea groups is 1. The maximum Gasteiger partial charge on any atom is 0.320 e. The van der Waals surface area contributed by atoms with Crippen molar-refractivity contribution in [1.82, 2.24) is 9.80 Å². The van der Waals surface area contributed by atoms with Gasteiger partial charge in [0.15, 0.2) is 0 Å². The lowest BCUT2D eigenvalue weighted by atomic mass is 10.0. The Morgan fingerprint density at radius 3 is 2.67 bits per heavy atom. The molecule has 0 saturated carbocycles. The maximum atomic E-state index is 12.7. The number of carboxylic acid groups (broad SMARTS) is 1. The van der Waals surface area contributed by atoms with E-state index in [4.69, 9.17) is 5.11 Å². The van der Waals surface area contributed by atoms with Crippen LogP contribution in [0.25, 0.3) is 0 Å². The molecule has 5 nitrogen and oxygen atoms in total. The van der Waals surface area contributed by atoms with E-state index in [-0.39, 0.29) is 12.5 Å². The number of carbonyl (C=O) groups is 2. The van der Waals surface area contributed by atoms with Crippen LogP contribution in [0.1, 0.15) is 58.3 Å². The Labute approximate surface area is 127 Å². The number of amides is 2. The smallest absolute Gasteiger partial charge is 0.320 e. The summed E-state index contributed by atoms with van der Waals surface area (Å²) in [5.41, 5.74) is 0. The highest BCUT2D eigenvalue weighted by Gasteiger charge is 2.32. The number of carboxylic acids is 1. The first-order valence-corrected chi connectivity index (χ1v) is 8.39. The van der Waals surface area contributed by atoms with Crippen molar-refractivity contribution in [3.05, 3.63) is 0 Å². The van der Waals surface area contributed by atoms with E-state index in [1.807, 2.05) is 4.90 Å². The van der Waals surface area contributed by atoms with Crippen molar-refractivity contribution < 1.29 is 14.7 Å². The van der Waals surface area contributed by atoms with Gasteiger partial charge in [0, 0.05) is 32.1 Å². The van der Waals surface area contributed by atoms with E-state index >= 15 is 0 Å². The van der Waals surface area contributed by atoms with Crippen molar-refractivity contribution in [3.63, 3.8) is 0 Å². The summed E-state index contributed by atoms with van der Waals surface area (Å²) in [6, 6.07) is 0.569. The summed E-state index contributed by atoms with van der Waals surface area (Å²) in [5, 5.41) is 8.76. The molecular formula is C16H28N2O3. The molecule has 2 fully saturated rings. The van der Waals surface area contributed by atoms with Gasteiger partial charge in [-0.3, -0.25) is 4.79 Å². The van der Waals surface area contributed by atoms with Crippen molar-refractivity contribution >= 4 is 12.0 Å². The standard InChI is InChI=1S/C16H28N2O3/c1-2-14-6-4-3-5-10-18(14)16(21)17-11-9-13(12-17)7-8-15(19)20/h13-14H,2-12H2,1H3,(H,19,20). The highest BCUT2D eigenvalue weighted by atomic mass is 16.4. The van der Waals surface area contributed by atoms with Crippen molar-refractivity contribution in [2.75, 3.05) is 19.6 Å². The van der Waals surface area contributed by atoms with Crippen LogP contribution in [-0.4, -0.2) is 52.6 Å². The van der Waals surface area contributed by atoms with Crippen LogP contribution in [0.3, 0.4) is 0 Å². The number of aliphatic carboxylic acids is 1. The molecule has 21 heavy (non-hydrogen) atoms. The largest absolute Gasteiger partial charge is 0.481 e. The summed E-state index contributed by atoms with van der Waals surface area (Å²) in [5.74, 6) is -0.379. The molecule has 2 amide bonds. The minimum atomic E-state index is -0.738. The molecule has 5 heteroatoms. The van der Waals surface area contributed by atoms with Crippen LogP contribution in [0.4, 0.5) is 4.79 Å². The second-order valence-corrected chi connectivity index (χ2v) is 6.42. The van der Waals surface area contributed by atoms with Gasteiger partial charge in [-0.05, 0) is 38.0 Å². The molecule has 0 aliphatic carbocycles. The van der Waals surface area contributed by atoms with E-state index in [1.54, 1.807) is 0 Å². The summed E-state index contributed by atoms with van der Waals surface area (Å²) in [7, 11) is 0. The quantitative estimate of drug-likeness (QED) is 0.867. The van der Waals surface area contributed by atoms with Gasteiger partial charge in [0.25, 0.3) is 0 Å². The lowest BCUT2D eigenvalue weighted by Gasteiger charge is -2.33. The first-order chi connectivity index (χ1) is 10.1. The van der Waals surface area contributed by atoms with Gasteiger partial charge in [-0.2, -0.15) is 0 Å². The van der Waals surface area contributed by atoms with Crippen LogP contribution in [-0.2, 0) is 4.79 Å². The Bertz CT molecular complexity index is 373. The van der Waals surface area contributed by atoms with Crippen molar-refractivity contribution in [2.24, 2.45) is 5.92 Å². The average molecular weight is 296 g/mol. The molecule has 0 aromatic heterocycles. The summed E-state index contributed by atoms with van der Waals surface area (Å²) >= 11 is 0. The molecular weight excluding hydrogens is 268 g/mol. The Morgan fingerprint density at radius 1 is 1.14 bits per heavy atom. The van der Waals surface area contributed by atoms with Crippen LogP contribution in [0.5, 0.6) is 0 Å². The molecule has 2 aliphatic heterocycles. The summed E-state index contributed by atoms with van der Waals surface area (Å²) in [4.78, 5) is 27.4. The number of nitrogens with zero attached hydrogens (tertiary/aromatic N) is 2. The number of carbonyl (C=O) groups excluding carboxylic acids is 1. The summed E-state index contributed by atoms with van der Waals surface area (Å²) in [6.07, 6.45) is 7.57. The molecule has 0 aromatic rings. The molecule has 0 radical (unpaired) electrons. The van der Waals surface area contributed by atoms with Crippen molar-refractivity contribution in [3.8, 4) is 0 Å². The van der Waals surface area contributed by atoms with Gasteiger partial charge >= 0.3 is 12.0 Å². The fraction of sp³-hybridized carbons (Fsp3) is 0.875. The first-order valence-electron chi connectivity index (χ1n) is 8.39. The van der Waals surface area contributed by atoms with E-state index in [1.165, 1.54) is 12.8 Å². The second kappa shape index (κ2) is 7.66. The maximum absolute atomic E-state index is 12.7. The molecule has 120 valence electrons. The minimum Gasteiger partial charge on any atom is -0.481 e. The predicted molar refractivity (Wildman–Crippen MR) is 81.2 cm³/mol. The van der Waals surface area contributed by atoms with Gasteiger partial charge in [0.2, 0.25) is 0 Å². The van der Waals surface area contributed by atoms with Crippen LogP contribution >= 0.6 is 0 Å². The summed E-state index contributed by atoms with van der Waals surface area (Å²) in [6.45, 7) is 4.57. The monoisotopic (exact) mass is 296 g/mol. The number of hydrogen-bond donors (Lipinski definition) is 1. The molecule has 0 spiro atoms. The van der Waals surface area contributed by atoms with Crippen molar-refractivity contribution in [2.45, 2.75) is 64.3 Å². The fourth-order valence-corrected chi connectivity index (χ4v) is 3.60. The Balaban J connectivity index is 1.88. The van der Waals surface area contributed by atoms with E-state index in [2.05, 4.69) is 11.8 Å². The third kappa shape index (κ3) is 4.35. The lowest BCUT2D eigenvalue weighted by Crippen LogP contribution is -2.47. The first kappa shape index (κ1) is 16.1. The fourth-order valence-electron chi connectivity index (χ4n) is 3.60.